The van der Waals surface area contributed by atoms with E-state index < -0.39 is 22.9 Å². The Bertz CT molecular complexity index is 2110. The molecule has 6 aromatic heterocycles. The van der Waals surface area contributed by atoms with Crippen molar-refractivity contribution >= 4 is 94.9 Å². The minimum Gasteiger partial charge on any atom is -0.241 e. The molecule has 1 aliphatic rings. The van der Waals surface area contributed by atoms with Crippen LogP contribution in [0.2, 0.25) is 5.21 Å². The van der Waals surface area contributed by atoms with Gasteiger partial charge in [0.15, 0.2) is 6.17 Å². The lowest BCUT2D eigenvalue weighted by Gasteiger charge is -2.28. The molecule has 0 N–H and O–H groups in total. The molecule has 2 nitrogen and oxygen atoms in total. The van der Waals surface area contributed by atoms with E-state index in [2.05, 4.69) is 12.1 Å². The molecule has 1 atom stereocenters. The van der Waals surface area contributed by atoms with Crippen molar-refractivity contribution in [3.05, 3.63) is 91.3 Å². The van der Waals surface area contributed by atoms with Crippen LogP contribution in [-0.4, -0.2) is 27.8 Å². The van der Waals surface area contributed by atoms with Crippen molar-refractivity contribution in [2.75, 3.05) is 0 Å². The molecule has 6 aromatic rings. The topological polar surface area (TPSA) is 47.6 Å². The summed E-state index contributed by atoms with van der Waals surface area (Å²) in [5, 5.41) is 16.5. The van der Waals surface area contributed by atoms with Crippen molar-refractivity contribution in [1.29, 1.82) is 10.5 Å². The normalized spacial score (nSPS) is 17.0. The Morgan fingerprint density at radius 1 is 0.609 bits per heavy atom. The van der Waals surface area contributed by atoms with Crippen LogP contribution in [0.15, 0.2) is 60.7 Å². The second-order valence-corrected chi connectivity index (χ2v) is 17.6. The number of rotatable bonds is 6. The highest BCUT2D eigenvalue weighted by atomic mass is 32.1. The third kappa shape index (κ3) is 5.09. The van der Waals surface area contributed by atoms with E-state index in [1.54, 1.807) is 47.7 Å². The molecular weight excluding hydrogens is 695 g/mol. The largest absolute Gasteiger partial charge is 0.304 e. The van der Waals surface area contributed by atoms with E-state index in [9.17, 15) is 10.5 Å². The molecule has 0 spiro atoms. The Morgan fingerprint density at radius 2 is 1.04 bits per heavy atom. The molecule has 0 aliphatic heterocycles. The Labute approximate surface area is 290 Å². The summed E-state index contributed by atoms with van der Waals surface area (Å²) in [5.41, 5.74) is -0.292. The summed E-state index contributed by atoms with van der Waals surface area (Å²) >= 11 is 8.17. The van der Waals surface area contributed by atoms with Gasteiger partial charge in [0.25, 0.3) is 0 Å². The molecule has 1 aliphatic carbocycles. The van der Waals surface area contributed by atoms with E-state index in [-0.39, 0.29) is 11.1 Å². The summed E-state index contributed by atoms with van der Waals surface area (Å²) in [5.74, 6) is -4.04. The molecule has 46 heavy (non-hydrogen) atoms. The average molecular weight is 713 g/mol. The van der Waals surface area contributed by atoms with Crippen molar-refractivity contribution in [3.63, 3.8) is 0 Å². The van der Waals surface area contributed by atoms with E-state index >= 15 is 13.2 Å². The van der Waals surface area contributed by atoms with Gasteiger partial charge in [0, 0.05) is 50.2 Å². The molecular formula is C33H17B2F3N2S6. The predicted octanol–water partition coefficient (Wildman–Crippen LogP) is 11.4. The first-order valence-corrected chi connectivity index (χ1v) is 18.6. The first kappa shape index (κ1) is 31.4. The summed E-state index contributed by atoms with van der Waals surface area (Å²) < 4.78 is 49.2. The lowest BCUT2D eigenvalue weighted by Crippen LogP contribution is -2.35. The molecule has 4 radical (unpaired) electrons. The molecule has 7 rings (SSSR count). The van der Waals surface area contributed by atoms with Crippen LogP contribution < -0.4 is 0 Å². The number of nitrogens with zero attached hydrogens (tertiary/aromatic N) is 2. The molecule has 0 saturated heterocycles. The van der Waals surface area contributed by atoms with E-state index in [1.807, 2.05) is 38.1 Å². The summed E-state index contributed by atoms with van der Waals surface area (Å²) in [6.45, 7) is 3.94. The molecule has 0 fully saturated rings. The Kier molecular flexibility index (Phi) is 7.87. The fourth-order valence-electron chi connectivity index (χ4n) is 5.56. The van der Waals surface area contributed by atoms with E-state index in [0.717, 1.165) is 29.3 Å². The van der Waals surface area contributed by atoms with E-state index in [1.165, 1.54) is 56.7 Å². The van der Waals surface area contributed by atoms with Crippen molar-refractivity contribution in [2.24, 2.45) is 0 Å². The number of aryl methyl sites for hydroxylation is 2. The number of hydrogen-bond donors (Lipinski definition) is 0. The van der Waals surface area contributed by atoms with E-state index in [4.69, 9.17) is 15.7 Å². The van der Waals surface area contributed by atoms with Crippen LogP contribution in [0.1, 0.15) is 30.6 Å². The van der Waals surface area contributed by atoms with Gasteiger partial charge in [-0.2, -0.15) is 19.3 Å². The fraction of sp³-hybridized carbons (Fsp3) is 0.152. The van der Waals surface area contributed by atoms with Crippen LogP contribution in [0.5, 0.6) is 0 Å². The van der Waals surface area contributed by atoms with Crippen molar-refractivity contribution in [3.8, 4) is 51.2 Å². The molecule has 0 bridgehead atoms. The monoisotopic (exact) mass is 712 g/mol. The van der Waals surface area contributed by atoms with Gasteiger partial charge in [-0.15, -0.1) is 68.0 Å². The second kappa shape index (κ2) is 11.5. The van der Waals surface area contributed by atoms with Gasteiger partial charge in [-0.25, -0.2) is 4.39 Å². The van der Waals surface area contributed by atoms with Gasteiger partial charge in [0.1, 0.15) is 21.9 Å². The van der Waals surface area contributed by atoms with Gasteiger partial charge >= 0.3 is 5.92 Å². The zero-order valence-electron chi connectivity index (χ0n) is 24.0. The number of hydrogen-bond acceptors (Lipinski definition) is 8. The van der Waals surface area contributed by atoms with Crippen molar-refractivity contribution < 1.29 is 13.2 Å². The number of allylic oxidation sites excluding steroid dienone is 2. The zero-order chi connectivity index (χ0) is 32.5. The molecule has 222 valence electrons. The Balaban J connectivity index is 1.57. The Hall–Kier alpha value is -3.16. The lowest BCUT2D eigenvalue weighted by atomic mass is 9.49. The second-order valence-electron chi connectivity index (χ2n) is 10.7. The minimum absolute atomic E-state index is 0.132. The van der Waals surface area contributed by atoms with Crippen LogP contribution in [0.25, 0.3) is 50.2 Å². The SMILES string of the molecule is [B]C1([B])C(c2cc(-c3ccc(C)s3)sc2-c2ccc(C#N)s2)=C(c2cc(-c3ccc(C)s3)sc2-c2ccc(C#N)s2)C(F)(F)C1F. The molecule has 0 aromatic carbocycles. The molecule has 6 heterocycles. The highest BCUT2D eigenvalue weighted by molar-refractivity contribution is 7.27. The maximum atomic E-state index is 16.6. The standard InChI is InChI=1S/C33H17B2F3N2S6/c1-15-3-7-21(41-15)25-11-19(29(45-25)23-9-5-17(13-39)43-23)27-28(33(37,38)31(36)32(27,34)35)20-12-26(22-8-4-16(2)42-22)46-30(20)24-10-6-18(14-40)44-24/h3-12,31H,1-2H3. The van der Waals surface area contributed by atoms with E-state index in [0.29, 0.717) is 34.8 Å². The third-order valence-electron chi connectivity index (χ3n) is 7.60. The van der Waals surface area contributed by atoms with Crippen LogP contribution in [0, 0.1) is 36.5 Å². The molecule has 0 saturated carbocycles. The first-order chi connectivity index (χ1) is 21.9. The summed E-state index contributed by atoms with van der Waals surface area (Å²) in [7, 11) is 12.9. The minimum atomic E-state index is -4.04. The van der Waals surface area contributed by atoms with Crippen molar-refractivity contribution in [2.45, 2.75) is 31.2 Å². The van der Waals surface area contributed by atoms with Gasteiger partial charge in [0.05, 0.1) is 25.4 Å². The molecule has 0 amide bonds. The fourth-order valence-corrected chi connectivity index (χ4v) is 11.6. The molecule has 13 heteroatoms. The maximum Gasteiger partial charge on any atom is 0.304 e. The number of nitriles is 2. The zero-order valence-corrected chi connectivity index (χ0v) is 28.9. The summed E-state index contributed by atoms with van der Waals surface area (Å²) in [6, 6.07) is 22.3. The van der Waals surface area contributed by atoms with Gasteiger partial charge in [0.2, 0.25) is 0 Å². The third-order valence-corrected chi connectivity index (χ3v) is 14.6. The quantitative estimate of drug-likeness (QED) is 0.161. The summed E-state index contributed by atoms with van der Waals surface area (Å²) in [4.78, 5) is 8.68. The number of thiophene rings is 6. The maximum absolute atomic E-state index is 16.6. The number of halogens is 3. The first-order valence-electron chi connectivity index (χ1n) is 13.7. The van der Waals surface area contributed by atoms with Gasteiger partial charge in [-0.05, 0) is 90.9 Å². The van der Waals surface area contributed by atoms with Gasteiger partial charge in [-0.3, -0.25) is 0 Å². The van der Waals surface area contributed by atoms with Crippen LogP contribution >= 0.6 is 68.0 Å². The lowest BCUT2D eigenvalue weighted by molar-refractivity contribution is -0.0105. The highest BCUT2D eigenvalue weighted by Gasteiger charge is 2.61. The van der Waals surface area contributed by atoms with Gasteiger partial charge in [-0.1, -0.05) is 0 Å². The number of alkyl halides is 3. The molecule has 1 unspecified atom stereocenters. The predicted molar refractivity (Wildman–Crippen MR) is 192 cm³/mol. The highest BCUT2D eigenvalue weighted by Crippen LogP contribution is 2.65. The smallest absolute Gasteiger partial charge is 0.241 e. The average Bonchev–Trinajstić information content (AvgIpc) is 3.86. The summed E-state index contributed by atoms with van der Waals surface area (Å²) in [6.07, 6.45) is -2.92. The van der Waals surface area contributed by atoms with Crippen LogP contribution in [0.4, 0.5) is 13.2 Å². The van der Waals surface area contributed by atoms with Crippen LogP contribution in [-0.2, 0) is 0 Å². The Morgan fingerprint density at radius 3 is 1.43 bits per heavy atom. The van der Waals surface area contributed by atoms with Crippen LogP contribution in [0.3, 0.4) is 0 Å². The van der Waals surface area contributed by atoms with Gasteiger partial charge < -0.3 is 0 Å². The van der Waals surface area contributed by atoms with Crippen molar-refractivity contribution in [1.82, 2.24) is 0 Å².